The molecule has 4 rings (SSSR count). The molecule has 1 unspecified atom stereocenters. The van der Waals surface area contributed by atoms with E-state index in [2.05, 4.69) is 15.2 Å². The predicted octanol–water partition coefficient (Wildman–Crippen LogP) is -0.466. The number of rotatable bonds is 7. The third-order valence-corrected chi connectivity index (χ3v) is 8.29. The first-order valence-electron chi connectivity index (χ1n) is 9.55. The maximum absolute atomic E-state index is 12.7. The van der Waals surface area contributed by atoms with Gasteiger partial charge in [0.1, 0.15) is 17.2 Å². The fourth-order valence-corrected chi connectivity index (χ4v) is 6.34. The number of nitrogens with two attached hydrogens (primary N) is 1. The molecule has 3 heterocycles. The first-order chi connectivity index (χ1) is 14.2. The molecule has 3 N–H and O–H groups in total. The Bertz CT molecular complexity index is 1220. The fraction of sp³-hybridized carbons (Fsp3) is 0.588. The van der Waals surface area contributed by atoms with Gasteiger partial charge in [0, 0.05) is 19.5 Å². The highest BCUT2D eigenvalue weighted by molar-refractivity contribution is 7.99. The number of aromatic nitrogens is 5. The largest absolute Gasteiger partial charge is 0.384 e. The van der Waals surface area contributed by atoms with E-state index in [0.717, 1.165) is 24.6 Å². The maximum Gasteiger partial charge on any atom is 0.330 e. The van der Waals surface area contributed by atoms with Crippen molar-refractivity contribution in [3.63, 3.8) is 0 Å². The average Bonchev–Trinajstić information content (AvgIpc) is 3.34. The van der Waals surface area contributed by atoms with E-state index in [9.17, 15) is 22.8 Å². The van der Waals surface area contributed by atoms with Crippen LogP contribution in [0.4, 0.5) is 5.82 Å². The zero-order valence-electron chi connectivity index (χ0n) is 16.3. The summed E-state index contributed by atoms with van der Waals surface area (Å²) >= 11 is 1.11. The van der Waals surface area contributed by atoms with Crippen LogP contribution in [0.1, 0.15) is 41.5 Å². The van der Waals surface area contributed by atoms with Gasteiger partial charge in [0.2, 0.25) is 0 Å². The number of carbonyl (C=O) groups is 1. The van der Waals surface area contributed by atoms with Crippen LogP contribution in [0.2, 0.25) is 0 Å². The topological polar surface area (TPSA) is 163 Å². The zero-order chi connectivity index (χ0) is 21.6. The molecule has 2 fully saturated rings. The molecule has 0 amide bonds. The predicted molar refractivity (Wildman–Crippen MR) is 111 cm³/mol. The van der Waals surface area contributed by atoms with Crippen LogP contribution in [0.5, 0.6) is 0 Å². The van der Waals surface area contributed by atoms with Crippen molar-refractivity contribution < 1.29 is 13.2 Å². The van der Waals surface area contributed by atoms with Crippen LogP contribution in [0.25, 0.3) is 0 Å². The molecule has 0 spiro atoms. The minimum Gasteiger partial charge on any atom is -0.384 e. The highest BCUT2D eigenvalue weighted by Gasteiger charge is 2.31. The van der Waals surface area contributed by atoms with Crippen LogP contribution in [0, 0.1) is 5.92 Å². The van der Waals surface area contributed by atoms with Crippen molar-refractivity contribution in [2.24, 2.45) is 13.0 Å². The summed E-state index contributed by atoms with van der Waals surface area (Å²) in [6, 6.07) is -0.0748. The number of ketones is 1. The van der Waals surface area contributed by atoms with Crippen molar-refractivity contribution in [1.82, 2.24) is 24.3 Å². The fourth-order valence-electron chi connectivity index (χ4n) is 3.67. The van der Waals surface area contributed by atoms with E-state index in [1.807, 2.05) is 0 Å². The molecule has 0 radical (unpaired) electrons. The average molecular weight is 455 g/mol. The number of nitrogens with one attached hydrogen (secondary N) is 1. The highest BCUT2D eigenvalue weighted by Crippen LogP contribution is 2.35. The minimum atomic E-state index is -2.97. The molecule has 2 aromatic heterocycles. The standard InChI is InChI=1S/C17H22N6O5S2/c1-22-12(6-9-4-5-30(27,28)8-9)20-21-17(22)29-7-11(24)13-14(18)23(10-2-3-10)16(26)19-15(13)25/h9-10H,2-8,18H2,1H3,(H,19,25,26). The molecule has 0 aromatic carbocycles. The Hall–Kier alpha value is -2.41. The number of hydrogen-bond acceptors (Lipinski definition) is 9. The number of Topliss-reactive ketones (excluding diaryl/α,β-unsaturated/α-hetero) is 1. The number of thioether (sulfide) groups is 1. The van der Waals surface area contributed by atoms with Gasteiger partial charge in [-0.15, -0.1) is 10.2 Å². The van der Waals surface area contributed by atoms with Crippen LogP contribution in [0.3, 0.4) is 0 Å². The van der Waals surface area contributed by atoms with Crippen molar-refractivity contribution in [2.75, 3.05) is 23.0 Å². The Balaban J connectivity index is 1.46. The second-order valence-electron chi connectivity index (χ2n) is 7.76. The molecule has 11 nitrogen and oxygen atoms in total. The maximum atomic E-state index is 12.7. The van der Waals surface area contributed by atoms with Crippen LogP contribution in [-0.4, -0.2) is 55.8 Å². The number of nitrogen functional groups attached to an aromatic ring is 1. The third kappa shape index (κ3) is 4.08. The van der Waals surface area contributed by atoms with E-state index in [-0.39, 0.29) is 40.6 Å². The Labute approximate surface area is 176 Å². The number of H-pyrrole nitrogens is 1. The molecule has 2 aliphatic rings. The molecule has 1 aliphatic heterocycles. The van der Waals surface area contributed by atoms with Crippen molar-refractivity contribution >= 4 is 33.2 Å². The molecule has 1 atom stereocenters. The summed E-state index contributed by atoms with van der Waals surface area (Å²) in [4.78, 5) is 39.0. The Kier molecular flexibility index (Phi) is 5.34. The minimum absolute atomic E-state index is 0.0132. The number of nitrogens with zero attached hydrogens (tertiary/aromatic N) is 4. The number of aromatic amines is 1. The summed E-state index contributed by atoms with van der Waals surface area (Å²) in [5.41, 5.74) is 4.37. The second-order valence-corrected chi connectivity index (χ2v) is 10.9. The number of carbonyl (C=O) groups excluding carboxylic acids is 1. The molecular weight excluding hydrogens is 432 g/mol. The summed E-state index contributed by atoms with van der Waals surface area (Å²) in [6.07, 6.45) is 2.66. The van der Waals surface area contributed by atoms with Gasteiger partial charge in [-0.25, -0.2) is 13.2 Å². The van der Waals surface area contributed by atoms with Gasteiger partial charge in [-0.3, -0.25) is 19.1 Å². The summed E-state index contributed by atoms with van der Waals surface area (Å²) in [6.45, 7) is 0. The van der Waals surface area contributed by atoms with Gasteiger partial charge in [-0.1, -0.05) is 11.8 Å². The zero-order valence-corrected chi connectivity index (χ0v) is 18.0. The van der Waals surface area contributed by atoms with E-state index >= 15 is 0 Å². The van der Waals surface area contributed by atoms with Crippen LogP contribution < -0.4 is 17.0 Å². The lowest BCUT2D eigenvalue weighted by atomic mass is 10.1. The van der Waals surface area contributed by atoms with Gasteiger partial charge in [0.15, 0.2) is 20.8 Å². The summed E-state index contributed by atoms with van der Waals surface area (Å²) in [5.74, 6) is 0.313. The SMILES string of the molecule is Cn1c(CC2CCS(=O)(=O)C2)nnc1SCC(=O)c1c(N)n(C2CC2)c(=O)[nH]c1=O. The Morgan fingerprint density at radius 1 is 1.27 bits per heavy atom. The molecule has 30 heavy (non-hydrogen) atoms. The van der Waals surface area contributed by atoms with Crippen LogP contribution in [-0.2, 0) is 23.3 Å². The monoisotopic (exact) mass is 454 g/mol. The number of sulfone groups is 1. The quantitative estimate of drug-likeness (QED) is 0.416. The molecule has 1 aliphatic carbocycles. The summed E-state index contributed by atoms with van der Waals surface area (Å²) in [5, 5.41) is 8.67. The van der Waals surface area contributed by atoms with Gasteiger partial charge in [-0.05, 0) is 25.2 Å². The van der Waals surface area contributed by atoms with E-state index in [0.29, 0.717) is 23.8 Å². The molecule has 162 valence electrons. The van der Waals surface area contributed by atoms with E-state index in [4.69, 9.17) is 5.73 Å². The Morgan fingerprint density at radius 2 is 2.00 bits per heavy atom. The van der Waals surface area contributed by atoms with Gasteiger partial charge in [-0.2, -0.15) is 0 Å². The van der Waals surface area contributed by atoms with Gasteiger partial charge >= 0.3 is 5.69 Å². The van der Waals surface area contributed by atoms with E-state index < -0.39 is 26.9 Å². The van der Waals surface area contributed by atoms with Crippen molar-refractivity contribution in [2.45, 2.75) is 36.9 Å². The lowest BCUT2D eigenvalue weighted by Crippen LogP contribution is -2.36. The summed E-state index contributed by atoms with van der Waals surface area (Å²) < 4.78 is 26.3. The smallest absolute Gasteiger partial charge is 0.330 e. The summed E-state index contributed by atoms with van der Waals surface area (Å²) in [7, 11) is -1.22. The highest BCUT2D eigenvalue weighted by atomic mass is 32.2. The first-order valence-corrected chi connectivity index (χ1v) is 12.4. The molecule has 2 aromatic rings. The molecular formula is C17H22N6O5S2. The molecule has 1 saturated heterocycles. The van der Waals surface area contributed by atoms with Gasteiger partial charge in [0.25, 0.3) is 5.56 Å². The van der Waals surface area contributed by atoms with E-state index in [1.54, 1.807) is 11.6 Å². The lowest BCUT2D eigenvalue weighted by Gasteiger charge is -2.11. The molecule has 13 heteroatoms. The Morgan fingerprint density at radius 3 is 2.63 bits per heavy atom. The normalized spacial score (nSPS) is 20.5. The number of hydrogen-bond donors (Lipinski definition) is 2. The molecule has 0 bridgehead atoms. The van der Waals surface area contributed by atoms with Crippen molar-refractivity contribution in [3.05, 3.63) is 32.2 Å². The molecule has 1 saturated carbocycles. The van der Waals surface area contributed by atoms with E-state index in [1.165, 1.54) is 4.57 Å². The second kappa shape index (κ2) is 7.69. The third-order valence-electron chi connectivity index (χ3n) is 5.43. The van der Waals surface area contributed by atoms with Crippen LogP contribution >= 0.6 is 11.8 Å². The van der Waals surface area contributed by atoms with Gasteiger partial charge in [0.05, 0.1) is 17.3 Å². The van der Waals surface area contributed by atoms with Crippen molar-refractivity contribution in [3.8, 4) is 0 Å². The van der Waals surface area contributed by atoms with Gasteiger partial charge < -0.3 is 10.3 Å². The first kappa shape index (κ1) is 20.8. The lowest BCUT2D eigenvalue weighted by molar-refractivity contribution is 0.102. The van der Waals surface area contributed by atoms with Crippen LogP contribution in [0.15, 0.2) is 14.7 Å². The number of anilines is 1. The van der Waals surface area contributed by atoms with Crippen molar-refractivity contribution in [1.29, 1.82) is 0 Å².